The van der Waals surface area contributed by atoms with E-state index in [4.69, 9.17) is 9.98 Å². The summed E-state index contributed by atoms with van der Waals surface area (Å²) >= 11 is 1.90. The number of nitrogens with zero attached hydrogens (tertiary/aromatic N) is 2. The molecule has 0 radical (unpaired) electrons. The van der Waals surface area contributed by atoms with Gasteiger partial charge in [-0.05, 0) is 80.6 Å². The fourth-order valence-corrected chi connectivity index (χ4v) is 8.37. The van der Waals surface area contributed by atoms with Gasteiger partial charge in [0.15, 0.2) is 6.17 Å². The van der Waals surface area contributed by atoms with Gasteiger partial charge < -0.3 is 5.32 Å². The minimum atomic E-state index is -0.421. The van der Waals surface area contributed by atoms with Gasteiger partial charge in [-0.3, -0.25) is 0 Å². The predicted octanol–water partition coefficient (Wildman–Crippen LogP) is 11.2. The van der Waals surface area contributed by atoms with Crippen molar-refractivity contribution in [2.45, 2.75) is 23.4 Å². The molecule has 2 aliphatic heterocycles. The average molecular weight is 648 g/mol. The molecule has 3 nitrogen and oxygen atoms in total. The molecule has 234 valence electrons. The molecule has 0 spiro atoms. The van der Waals surface area contributed by atoms with Gasteiger partial charge in [-0.25, -0.2) is 9.98 Å². The quantitative estimate of drug-likeness (QED) is 0.195. The van der Waals surface area contributed by atoms with E-state index in [-0.39, 0.29) is 0 Å². The highest BCUT2D eigenvalue weighted by Gasteiger charge is 2.35. The minimum absolute atomic E-state index is 0.319. The van der Waals surface area contributed by atoms with E-state index in [9.17, 15) is 0 Å². The van der Waals surface area contributed by atoms with Crippen LogP contribution < -0.4 is 5.32 Å². The van der Waals surface area contributed by atoms with Gasteiger partial charge >= 0.3 is 0 Å². The summed E-state index contributed by atoms with van der Waals surface area (Å²) in [6.07, 6.45) is 7.32. The largest absolute Gasteiger partial charge is 0.324 e. The molecule has 9 rings (SSSR count). The molecule has 6 aromatic carbocycles. The van der Waals surface area contributed by atoms with E-state index in [0.717, 1.165) is 40.3 Å². The van der Waals surface area contributed by atoms with Crippen LogP contribution in [0, 0.1) is 0 Å². The van der Waals surface area contributed by atoms with Crippen LogP contribution >= 0.6 is 11.8 Å². The normalized spacial score (nSPS) is 17.7. The van der Waals surface area contributed by atoms with Gasteiger partial charge in [-0.15, -0.1) is 0 Å². The monoisotopic (exact) mass is 647 g/mol. The Morgan fingerprint density at radius 3 is 1.57 bits per heavy atom. The zero-order valence-electron chi connectivity index (χ0n) is 26.8. The second-order valence-electron chi connectivity index (χ2n) is 12.6. The molecule has 2 heterocycles. The molecule has 0 aromatic heterocycles. The Morgan fingerprint density at radius 1 is 0.510 bits per heavy atom. The molecule has 6 aromatic rings. The second kappa shape index (κ2) is 12.7. The first-order chi connectivity index (χ1) is 24.3. The molecule has 2 unspecified atom stereocenters. The number of amidine groups is 2. The van der Waals surface area contributed by atoms with Crippen LogP contribution in [-0.2, 0) is 0 Å². The van der Waals surface area contributed by atoms with Crippen molar-refractivity contribution >= 4 is 23.4 Å². The standard InChI is InChI=1S/C45H33N3S/c1-5-15-30(16-6-1)34-25-35(31-17-7-2-8-18-31)27-37(26-34)44-46-43(33-21-11-4-12-22-33)47-45(48-44)39-28-36(32-19-9-3-10-20-32)29-41-42(39)38-23-13-14-24-40(38)49-41/h1-22,24-29,38,45H,23H2,(H,46,47,48). The van der Waals surface area contributed by atoms with Crippen molar-refractivity contribution < 1.29 is 0 Å². The van der Waals surface area contributed by atoms with Crippen LogP contribution in [0.4, 0.5) is 0 Å². The minimum Gasteiger partial charge on any atom is -0.324 e. The summed E-state index contributed by atoms with van der Waals surface area (Å²) in [6, 6.07) is 53.8. The first-order valence-corrected chi connectivity index (χ1v) is 17.6. The maximum atomic E-state index is 5.49. The number of thioether (sulfide) groups is 1. The molecule has 49 heavy (non-hydrogen) atoms. The van der Waals surface area contributed by atoms with E-state index in [1.54, 1.807) is 0 Å². The van der Waals surface area contributed by atoms with E-state index in [1.165, 1.54) is 43.2 Å². The van der Waals surface area contributed by atoms with Crippen molar-refractivity contribution in [2.24, 2.45) is 9.98 Å². The van der Waals surface area contributed by atoms with E-state index in [1.807, 2.05) is 17.8 Å². The van der Waals surface area contributed by atoms with Crippen LogP contribution in [0.15, 0.2) is 190 Å². The number of hydrogen-bond acceptors (Lipinski definition) is 4. The van der Waals surface area contributed by atoms with E-state index in [2.05, 4.69) is 169 Å². The van der Waals surface area contributed by atoms with Gasteiger partial charge in [-0.1, -0.05) is 151 Å². The number of allylic oxidation sites excluding steroid dienone is 4. The lowest BCUT2D eigenvalue weighted by Crippen LogP contribution is -2.36. The summed E-state index contributed by atoms with van der Waals surface area (Å²) in [5, 5.41) is 3.69. The van der Waals surface area contributed by atoms with Crippen molar-refractivity contribution in [2.75, 3.05) is 0 Å². The zero-order chi connectivity index (χ0) is 32.6. The summed E-state index contributed by atoms with van der Waals surface area (Å²) in [5.74, 6) is 1.96. The number of fused-ring (bicyclic) bond motifs is 3. The van der Waals surface area contributed by atoms with Gasteiger partial charge in [0, 0.05) is 27.5 Å². The van der Waals surface area contributed by atoms with Crippen LogP contribution in [0.5, 0.6) is 0 Å². The van der Waals surface area contributed by atoms with Crippen LogP contribution in [0.1, 0.15) is 40.8 Å². The lowest BCUT2D eigenvalue weighted by atomic mass is 9.86. The Balaban J connectivity index is 1.25. The van der Waals surface area contributed by atoms with Crippen molar-refractivity contribution in [1.82, 2.24) is 5.32 Å². The molecule has 3 aliphatic rings. The maximum absolute atomic E-state index is 5.49. The fraction of sp³-hybridized carbons (Fsp3) is 0.0667. The van der Waals surface area contributed by atoms with Crippen LogP contribution in [0.25, 0.3) is 33.4 Å². The molecule has 0 fully saturated rings. The predicted molar refractivity (Wildman–Crippen MR) is 205 cm³/mol. The van der Waals surface area contributed by atoms with Gasteiger partial charge in [-0.2, -0.15) is 0 Å². The summed E-state index contributed by atoms with van der Waals surface area (Å²) in [7, 11) is 0. The van der Waals surface area contributed by atoms with Crippen LogP contribution in [0.2, 0.25) is 0 Å². The van der Waals surface area contributed by atoms with E-state index >= 15 is 0 Å². The van der Waals surface area contributed by atoms with E-state index in [0.29, 0.717) is 5.92 Å². The maximum Gasteiger partial charge on any atom is 0.170 e. The molecule has 4 heteroatoms. The molecular weight excluding hydrogens is 615 g/mol. The van der Waals surface area contributed by atoms with Crippen molar-refractivity contribution in [1.29, 1.82) is 0 Å². The van der Waals surface area contributed by atoms with Crippen LogP contribution in [0.3, 0.4) is 0 Å². The molecule has 0 saturated carbocycles. The third kappa shape index (κ3) is 5.75. The molecule has 0 saturated heterocycles. The average Bonchev–Trinajstić information content (AvgIpc) is 3.57. The summed E-state index contributed by atoms with van der Waals surface area (Å²) in [5.41, 5.74) is 11.6. The number of nitrogens with one attached hydrogen (secondary N) is 1. The Bertz CT molecular complexity index is 2230. The molecule has 0 amide bonds. The Morgan fingerprint density at radius 2 is 1.00 bits per heavy atom. The number of benzene rings is 6. The Labute approximate surface area is 291 Å². The van der Waals surface area contributed by atoms with Gasteiger partial charge in [0.1, 0.15) is 11.7 Å². The first kappa shape index (κ1) is 29.4. The highest BCUT2D eigenvalue weighted by atomic mass is 32.2. The molecule has 2 atom stereocenters. The fourth-order valence-electron chi connectivity index (χ4n) is 7.06. The number of rotatable bonds is 6. The Kier molecular flexibility index (Phi) is 7.64. The lowest BCUT2D eigenvalue weighted by Gasteiger charge is -2.26. The van der Waals surface area contributed by atoms with Crippen molar-refractivity contribution in [3.05, 3.63) is 197 Å². The van der Waals surface area contributed by atoms with Crippen molar-refractivity contribution in [3.8, 4) is 33.4 Å². The molecule has 1 aliphatic carbocycles. The molecule has 0 bridgehead atoms. The Hall–Kier alpha value is -5.71. The van der Waals surface area contributed by atoms with Gasteiger partial charge in [0.05, 0.1) is 0 Å². The third-order valence-corrected chi connectivity index (χ3v) is 10.7. The summed E-state index contributed by atoms with van der Waals surface area (Å²) in [6.45, 7) is 0. The lowest BCUT2D eigenvalue weighted by molar-refractivity contribution is 0.719. The third-order valence-electron chi connectivity index (χ3n) is 9.45. The topological polar surface area (TPSA) is 36.8 Å². The molecular formula is C45H33N3S. The smallest absolute Gasteiger partial charge is 0.170 e. The van der Waals surface area contributed by atoms with Gasteiger partial charge in [0.2, 0.25) is 0 Å². The summed E-state index contributed by atoms with van der Waals surface area (Å²) in [4.78, 5) is 13.6. The van der Waals surface area contributed by atoms with Gasteiger partial charge in [0.25, 0.3) is 0 Å². The van der Waals surface area contributed by atoms with Crippen LogP contribution in [-0.4, -0.2) is 11.7 Å². The second-order valence-corrected chi connectivity index (χ2v) is 13.7. The number of hydrogen-bond donors (Lipinski definition) is 1. The number of aliphatic imine (C=N–C) groups is 2. The zero-order valence-corrected chi connectivity index (χ0v) is 27.6. The SMILES string of the molecule is C1=CCC2C(=C1)Sc1cc(-c3ccccc3)cc(C3N=C(c4ccccc4)NC(c4cc(-c5ccccc5)cc(-c5ccccc5)c4)=N3)c12. The first-order valence-electron chi connectivity index (χ1n) is 16.8. The highest BCUT2D eigenvalue weighted by Crippen LogP contribution is 2.55. The van der Waals surface area contributed by atoms with E-state index < -0.39 is 6.17 Å². The highest BCUT2D eigenvalue weighted by molar-refractivity contribution is 8.03. The summed E-state index contributed by atoms with van der Waals surface area (Å²) < 4.78 is 0. The molecule has 1 N–H and O–H groups in total. The van der Waals surface area contributed by atoms with Crippen molar-refractivity contribution in [3.63, 3.8) is 0 Å².